The summed E-state index contributed by atoms with van der Waals surface area (Å²) < 4.78 is 5.36. The molecule has 2 atom stereocenters. The molecule has 0 saturated heterocycles. The summed E-state index contributed by atoms with van der Waals surface area (Å²) in [6.07, 6.45) is 1.85. The second-order valence-electron chi connectivity index (χ2n) is 3.19. The minimum absolute atomic E-state index is 0.0344. The Morgan fingerprint density at radius 1 is 1.62 bits per heavy atom. The molecule has 0 spiro atoms. The summed E-state index contributed by atoms with van der Waals surface area (Å²) in [6, 6.07) is -0.408. The van der Waals surface area contributed by atoms with Crippen LogP contribution in [0.25, 0.3) is 0 Å². The summed E-state index contributed by atoms with van der Waals surface area (Å²) in [5, 5.41) is 8.47. The lowest BCUT2D eigenvalue weighted by Crippen LogP contribution is -2.36. The molecule has 0 radical (unpaired) electrons. The zero-order valence-electron chi connectivity index (χ0n) is 8.32. The normalized spacial score (nSPS) is 15.3. The second kappa shape index (κ2) is 6.86. The van der Waals surface area contributed by atoms with Gasteiger partial charge in [-0.05, 0) is 13.3 Å². The first-order valence-electron chi connectivity index (χ1n) is 4.67. The van der Waals surface area contributed by atoms with Crippen LogP contribution in [0, 0.1) is 0 Å². The van der Waals surface area contributed by atoms with Crippen LogP contribution in [0.3, 0.4) is 0 Å². The Morgan fingerprint density at radius 3 is 2.69 bits per heavy atom. The third kappa shape index (κ3) is 6.54. The lowest BCUT2D eigenvalue weighted by Gasteiger charge is -2.18. The van der Waals surface area contributed by atoms with Gasteiger partial charge in [-0.1, -0.05) is 13.3 Å². The van der Waals surface area contributed by atoms with E-state index in [2.05, 4.69) is 6.92 Å². The minimum atomic E-state index is -0.876. The maximum Gasteiger partial charge on any atom is 0.305 e. The van der Waals surface area contributed by atoms with E-state index in [-0.39, 0.29) is 12.5 Å². The van der Waals surface area contributed by atoms with Gasteiger partial charge in [0, 0.05) is 12.6 Å². The molecule has 0 aliphatic rings. The topological polar surface area (TPSA) is 72.5 Å². The van der Waals surface area contributed by atoms with Gasteiger partial charge in [-0.15, -0.1) is 0 Å². The third-order valence-electron chi connectivity index (χ3n) is 1.89. The first-order valence-corrected chi connectivity index (χ1v) is 4.67. The van der Waals surface area contributed by atoms with Crippen LogP contribution in [0.2, 0.25) is 0 Å². The van der Waals surface area contributed by atoms with Crippen molar-refractivity contribution in [2.24, 2.45) is 5.73 Å². The van der Waals surface area contributed by atoms with E-state index in [0.29, 0.717) is 6.61 Å². The van der Waals surface area contributed by atoms with E-state index >= 15 is 0 Å². The van der Waals surface area contributed by atoms with E-state index in [9.17, 15) is 4.79 Å². The summed E-state index contributed by atoms with van der Waals surface area (Å²) in [5.74, 6) is -0.876. The van der Waals surface area contributed by atoms with Gasteiger partial charge in [0.05, 0.1) is 12.5 Å². The number of rotatable bonds is 7. The van der Waals surface area contributed by atoms with Gasteiger partial charge in [0.25, 0.3) is 0 Å². The fourth-order valence-electron chi connectivity index (χ4n) is 0.905. The number of hydrogen-bond donors (Lipinski definition) is 2. The summed E-state index contributed by atoms with van der Waals surface area (Å²) in [5.41, 5.74) is 5.59. The molecule has 0 heterocycles. The molecule has 0 rings (SSSR count). The van der Waals surface area contributed by atoms with Crippen molar-refractivity contribution < 1.29 is 14.6 Å². The van der Waals surface area contributed by atoms with Gasteiger partial charge in [0.2, 0.25) is 0 Å². The molecule has 0 aliphatic heterocycles. The smallest absolute Gasteiger partial charge is 0.305 e. The highest BCUT2D eigenvalue weighted by molar-refractivity contribution is 5.67. The molecule has 0 aromatic carbocycles. The second-order valence-corrected chi connectivity index (χ2v) is 3.19. The molecule has 0 aromatic rings. The van der Waals surface area contributed by atoms with Crippen LogP contribution in [0.4, 0.5) is 0 Å². The highest BCUT2D eigenvalue weighted by Crippen LogP contribution is 2.02. The van der Waals surface area contributed by atoms with E-state index in [0.717, 1.165) is 12.8 Å². The van der Waals surface area contributed by atoms with Crippen LogP contribution in [0.15, 0.2) is 0 Å². The molecule has 0 fully saturated rings. The molecular formula is C9H19NO3. The average Bonchev–Trinajstić information content (AvgIpc) is 2.03. The van der Waals surface area contributed by atoms with E-state index in [1.807, 2.05) is 6.92 Å². The van der Waals surface area contributed by atoms with E-state index in [4.69, 9.17) is 15.6 Å². The first-order chi connectivity index (χ1) is 6.07. The maximum atomic E-state index is 10.3. The van der Waals surface area contributed by atoms with Gasteiger partial charge >= 0.3 is 5.97 Å². The molecule has 3 N–H and O–H groups in total. The molecule has 4 heteroatoms. The zero-order chi connectivity index (χ0) is 10.3. The zero-order valence-corrected chi connectivity index (χ0v) is 8.32. The highest BCUT2D eigenvalue weighted by atomic mass is 16.5. The molecule has 0 aliphatic carbocycles. The number of carbonyl (C=O) groups is 1. The number of unbranched alkanes of at least 4 members (excludes halogenated alkanes) is 1. The fraction of sp³-hybridized carbons (Fsp3) is 0.889. The highest BCUT2D eigenvalue weighted by Gasteiger charge is 2.15. The third-order valence-corrected chi connectivity index (χ3v) is 1.89. The lowest BCUT2D eigenvalue weighted by molar-refractivity contribution is -0.138. The summed E-state index contributed by atoms with van der Waals surface area (Å²) in [4.78, 5) is 10.3. The Morgan fingerprint density at radius 2 is 2.23 bits per heavy atom. The van der Waals surface area contributed by atoms with Crippen molar-refractivity contribution in [2.75, 3.05) is 6.61 Å². The molecule has 0 saturated carbocycles. The van der Waals surface area contributed by atoms with Crippen LogP contribution in [-0.2, 0) is 9.53 Å². The Hall–Kier alpha value is -0.610. The van der Waals surface area contributed by atoms with Crippen molar-refractivity contribution >= 4 is 5.97 Å². The van der Waals surface area contributed by atoms with Crippen molar-refractivity contribution in [1.29, 1.82) is 0 Å². The maximum absolute atomic E-state index is 10.3. The van der Waals surface area contributed by atoms with E-state index in [1.165, 1.54) is 0 Å². The van der Waals surface area contributed by atoms with Gasteiger partial charge in [0.1, 0.15) is 0 Å². The van der Waals surface area contributed by atoms with Gasteiger partial charge < -0.3 is 15.6 Å². The number of carboxylic acid groups (broad SMARTS) is 1. The monoisotopic (exact) mass is 189 g/mol. The molecule has 4 nitrogen and oxygen atoms in total. The van der Waals surface area contributed by atoms with Crippen LogP contribution < -0.4 is 5.73 Å². The van der Waals surface area contributed by atoms with Crippen molar-refractivity contribution in [1.82, 2.24) is 0 Å². The molecule has 0 unspecified atom stereocenters. The fourth-order valence-corrected chi connectivity index (χ4v) is 0.905. The molecular weight excluding hydrogens is 170 g/mol. The Balaban J connectivity index is 3.56. The summed E-state index contributed by atoms with van der Waals surface area (Å²) in [6.45, 7) is 4.54. The largest absolute Gasteiger partial charge is 0.481 e. The Labute approximate surface area is 79.1 Å². The SMILES string of the molecule is CCCCO[C@H](C)[C@H](N)CC(=O)O. The molecule has 0 aromatic heterocycles. The Kier molecular flexibility index (Phi) is 6.54. The van der Waals surface area contributed by atoms with Gasteiger partial charge in [-0.2, -0.15) is 0 Å². The predicted octanol–water partition coefficient (Wildman–Crippen LogP) is 0.994. The van der Waals surface area contributed by atoms with Crippen LogP contribution in [0.5, 0.6) is 0 Å². The number of nitrogens with two attached hydrogens (primary N) is 1. The molecule has 0 bridgehead atoms. The van der Waals surface area contributed by atoms with Gasteiger partial charge in [-0.3, -0.25) is 4.79 Å². The summed E-state index contributed by atoms with van der Waals surface area (Å²) in [7, 11) is 0. The number of ether oxygens (including phenoxy) is 1. The minimum Gasteiger partial charge on any atom is -0.481 e. The molecule has 13 heavy (non-hydrogen) atoms. The van der Waals surface area contributed by atoms with Crippen LogP contribution in [-0.4, -0.2) is 29.8 Å². The van der Waals surface area contributed by atoms with E-state index in [1.54, 1.807) is 0 Å². The average molecular weight is 189 g/mol. The number of aliphatic carboxylic acids is 1. The lowest BCUT2D eigenvalue weighted by atomic mass is 10.1. The quantitative estimate of drug-likeness (QED) is 0.586. The summed E-state index contributed by atoms with van der Waals surface area (Å²) >= 11 is 0. The van der Waals surface area contributed by atoms with Crippen molar-refractivity contribution in [3.8, 4) is 0 Å². The Bertz CT molecular complexity index is 150. The van der Waals surface area contributed by atoms with Gasteiger partial charge in [-0.25, -0.2) is 0 Å². The van der Waals surface area contributed by atoms with Crippen molar-refractivity contribution in [3.05, 3.63) is 0 Å². The van der Waals surface area contributed by atoms with Gasteiger partial charge in [0.15, 0.2) is 0 Å². The first kappa shape index (κ1) is 12.4. The van der Waals surface area contributed by atoms with E-state index < -0.39 is 12.0 Å². The molecule has 0 amide bonds. The van der Waals surface area contributed by atoms with Crippen molar-refractivity contribution in [3.63, 3.8) is 0 Å². The van der Waals surface area contributed by atoms with Crippen LogP contribution in [0.1, 0.15) is 33.1 Å². The predicted molar refractivity (Wildman–Crippen MR) is 50.6 cm³/mol. The van der Waals surface area contributed by atoms with Crippen molar-refractivity contribution in [2.45, 2.75) is 45.3 Å². The number of hydrogen-bond acceptors (Lipinski definition) is 3. The standard InChI is InChI=1S/C9H19NO3/c1-3-4-5-13-7(2)8(10)6-9(11)12/h7-8H,3-6,10H2,1-2H3,(H,11,12)/t7-,8-/m1/s1. The number of carboxylic acids is 1. The van der Waals surface area contributed by atoms with Crippen LogP contribution >= 0.6 is 0 Å². The molecule has 78 valence electrons.